The van der Waals surface area contributed by atoms with E-state index in [-0.39, 0.29) is 5.41 Å². The molecule has 0 bridgehead atoms. The third-order valence-electron chi connectivity index (χ3n) is 4.38. The Balaban J connectivity index is 1.71. The standard InChI is InChI=1S/C13H25N3O2/c14-11(16-18)8-12(6-7-12)9-15-10-13(17)4-2-1-3-5-13/h15,17-18H,1-10H2,(H2,14,16). The van der Waals surface area contributed by atoms with Gasteiger partial charge in [-0.2, -0.15) is 0 Å². The second-order valence-electron chi connectivity index (χ2n) is 6.16. The van der Waals surface area contributed by atoms with Crippen molar-refractivity contribution in [3.8, 4) is 0 Å². The zero-order valence-electron chi connectivity index (χ0n) is 11.0. The molecule has 0 atom stereocenters. The fourth-order valence-corrected chi connectivity index (χ4v) is 2.96. The van der Waals surface area contributed by atoms with Crippen molar-refractivity contribution in [1.82, 2.24) is 5.32 Å². The Bertz CT molecular complexity index is 307. The Morgan fingerprint density at radius 1 is 1.11 bits per heavy atom. The van der Waals surface area contributed by atoms with Gasteiger partial charge in [-0.15, -0.1) is 0 Å². The second kappa shape index (κ2) is 5.45. The number of nitrogens with zero attached hydrogens (tertiary/aromatic N) is 1. The van der Waals surface area contributed by atoms with Crippen molar-refractivity contribution in [3.05, 3.63) is 0 Å². The largest absolute Gasteiger partial charge is 0.409 e. The van der Waals surface area contributed by atoms with Gasteiger partial charge in [0.2, 0.25) is 0 Å². The highest BCUT2D eigenvalue weighted by Gasteiger charge is 2.43. The minimum Gasteiger partial charge on any atom is -0.409 e. The Labute approximate surface area is 108 Å². The molecule has 5 heteroatoms. The SMILES string of the molecule is NC(CC1(CNCC2(O)CCCCC2)CC1)=NO. The molecule has 0 aromatic carbocycles. The number of hydrogen-bond donors (Lipinski definition) is 4. The van der Waals surface area contributed by atoms with Gasteiger partial charge in [0.05, 0.1) is 5.60 Å². The van der Waals surface area contributed by atoms with E-state index in [2.05, 4.69) is 10.5 Å². The summed E-state index contributed by atoms with van der Waals surface area (Å²) in [7, 11) is 0. The van der Waals surface area contributed by atoms with E-state index >= 15 is 0 Å². The van der Waals surface area contributed by atoms with Gasteiger partial charge in [0.15, 0.2) is 0 Å². The molecule has 0 spiro atoms. The number of aliphatic hydroxyl groups is 1. The molecular formula is C13H25N3O2. The van der Waals surface area contributed by atoms with Crippen molar-refractivity contribution < 1.29 is 10.3 Å². The average Bonchev–Trinajstić information content (AvgIpc) is 3.09. The lowest BCUT2D eigenvalue weighted by Gasteiger charge is -2.32. The lowest BCUT2D eigenvalue weighted by Crippen LogP contribution is -2.44. The fourth-order valence-electron chi connectivity index (χ4n) is 2.96. The lowest BCUT2D eigenvalue weighted by molar-refractivity contribution is 0.00414. The highest BCUT2D eigenvalue weighted by Crippen LogP contribution is 2.48. The molecule has 0 saturated heterocycles. The summed E-state index contributed by atoms with van der Waals surface area (Å²) in [6.07, 6.45) is 8.22. The predicted octanol–water partition coefficient (Wildman–Crippen LogP) is 1.19. The van der Waals surface area contributed by atoms with Crippen LogP contribution in [0.3, 0.4) is 0 Å². The van der Waals surface area contributed by atoms with E-state index in [0.29, 0.717) is 18.8 Å². The van der Waals surface area contributed by atoms with E-state index in [4.69, 9.17) is 10.9 Å². The third-order valence-corrected chi connectivity index (χ3v) is 4.38. The number of oxime groups is 1. The first-order valence-electron chi connectivity index (χ1n) is 6.97. The van der Waals surface area contributed by atoms with Crippen molar-refractivity contribution in [3.63, 3.8) is 0 Å². The van der Waals surface area contributed by atoms with Gasteiger partial charge in [-0.1, -0.05) is 24.4 Å². The van der Waals surface area contributed by atoms with Crippen LogP contribution in [0.15, 0.2) is 5.16 Å². The molecule has 2 rings (SSSR count). The van der Waals surface area contributed by atoms with Gasteiger partial charge < -0.3 is 21.4 Å². The van der Waals surface area contributed by atoms with Crippen LogP contribution in [-0.4, -0.2) is 34.8 Å². The van der Waals surface area contributed by atoms with E-state index in [1.165, 1.54) is 6.42 Å². The number of nitrogens with two attached hydrogens (primary N) is 1. The van der Waals surface area contributed by atoms with Crippen LogP contribution < -0.4 is 11.1 Å². The number of hydrogen-bond acceptors (Lipinski definition) is 4. The molecule has 0 aliphatic heterocycles. The third kappa shape index (κ3) is 3.59. The topological polar surface area (TPSA) is 90.9 Å². The Hall–Kier alpha value is -0.810. The summed E-state index contributed by atoms with van der Waals surface area (Å²) in [6.45, 7) is 1.52. The van der Waals surface area contributed by atoms with Crippen LogP contribution in [0.5, 0.6) is 0 Å². The number of amidine groups is 1. The molecule has 5 N–H and O–H groups in total. The van der Waals surface area contributed by atoms with Crippen molar-refractivity contribution in [2.45, 2.75) is 57.0 Å². The van der Waals surface area contributed by atoms with Gasteiger partial charge in [-0.05, 0) is 31.1 Å². The maximum Gasteiger partial charge on any atom is 0.139 e. The Morgan fingerprint density at radius 3 is 2.33 bits per heavy atom. The Kier molecular flexibility index (Phi) is 4.12. The first kappa shape index (κ1) is 13.6. The first-order valence-corrected chi connectivity index (χ1v) is 6.97. The van der Waals surface area contributed by atoms with Crippen molar-refractivity contribution in [2.75, 3.05) is 13.1 Å². The highest BCUT2D eigenvalue weighted by molar-refractivity contribution is 5.80. The minimum atomic E-state index is -0.509. The minimum absolute atomic E-state index is 0.168. The summed E-state index contributed by atoms with van der Waals surface area (Å²) in [6, 6.07) is 0. The van der Waals surface area contributed by atoms with E-state index in [1.807, 2.05) is 0 Å². The van der Waals surface area contributed by atoms with Crippen LogP contribution >= 0.6 is 0 Å². The van der Waals surface area contributed by atoms with Gasteiger partial charge in [-0.25, -0.2) is 0 Å². The van der Waals surface area contributed by atoms with Crippen LogP contribution in [0, 0.1) is 5.41 Å². The van der Waals surface area contributed by atoms with Crippen LogP contribution in [-0.2, 0) is 0 Å². The van der Waals surface area contributed by atoms with Crippen LogP contribution in [0.25, 0.3) is 0 Å². The van der Waals surface area contributed by atoms with Crippen LogP contribution in [0.1, 0.15) is 51.4 Å². The van der Waals surface area contributed by atoms with Crippen molar-refractivity contribution in [1.29, 1.82) is 0 Å². The molecule has 104 valence electrons. The normalized spacial score (nSPS) is 25.9. The van der Waals surface area contributed by atoms with E-state index in [1.54, 1.807) is 0 Å². The summed E-state index contributed by atoms with van der Waals surface area (Å²) in [5.74, 6) is 0.311. The molecule has 0 amide bonds. The second-order valence-corrected chi connectivity index (χ2v) is 6.16. The van der Waals surface area contributed by atoms with Gasteiger partial charge in [0.25, 0.3) is 0 Å². The first-order chi connectivity index (χ1) is 8.58. The smallest absolute Gasteiger partial charge is 0.139 e. The molecule has 0 aromatic heterocycles. The molecule has 2 aliphatic carbocycles. The van der Waals surface area contributed by atoms with Gasteiger partial charge in [0.1, 0.15) is 5.84 Å². The summed E-state index contributed by atoms with van der Waals surface area (Å²) in [5, 5.41) is 25.4. The van der Waals surface area contributed by atoms with Gasteiger partial charge in [0, 0.05) is 19.5 Å². The zero-order valence-corrected chi connectivity index (χ0v) is 11.0. The summed E-state index contributed by atoms with van der Waals surface area (Å²) in [5.41, 5.74) is 5.22. The molecule has 0 heterocycles. The molecule has 2 fully saturated rings. The van der Waals surface area contributed by atoms with Crippen molar-refractivity contribution in [2.24, 2.45) is 16.3 Å². The summed E-state index contributed by atoms with van der Waals surface area (Å²) >= 11 is 0. The van der Waals surface area contributed by atoms with Crippen LogP contribution in [0.4, 0.5) is 0 Å². The maximum atomic E-state index is 10.4. The molecule has 0 aromatic rings. The quantitative estimate of drug-likeness (QED) is 0.248. The van der Waals surface area contributed by atoms with Crippen LogP contribution in [0.2, 0.25) is 0 Å². The average molecular weight is 255 g/mol. The zero-order chi connectivity index (χ0) is 13.1. The molecule has 5 nitrogen and oxygen atoms in total. The lowest BCUT2D eigenvalue weighted by atomic mass is 9.85. The van der Waals surface area contributed by atoms with Gasteiger partial charge >= 0.3 is 0 Å². The van der Waals surface area contributed by atoms with E-state index in [9.17, 15) is 5.11 Å². The summed E-state index contributed by atoms with van der Waals surface area (Å²) in [4.78, 5) is 0. The molecule has 0 radical (unpaired) electrons. The number of nitrogens with one attached hydrogen (secondary N) is 1. The monoisotopic (exact) mass is 255 g/mol. The fraction of sp³-hybridized carbons (Fsp3) is 0.923. The highest BCUT2D eigenvalue weighted by atomic mass is 16.4. The Morgan fingerprint density at radius 2 is 1.78 bits per heavy atom. The van der Waals surface area contributed by atoms with E-state index < -0.39 is 5.60 Å². The molecule has 2 aliphatic rings. The maximum absolute atomic E-state index is 10.4. The molecular weight excluding hydrogens is 230 g/mol. The molecule has 18 heavy (non-hydrogen) atoms. The molecule has 0 unspecified atom stereocenters. The number of rotatable bonds is 6. The van der Waals surface area contributed by atoms with Crippen molar-refractivity contribution >= 4 is 5.84 Å². The van der Waals surface area contributed by atoms with E-state index in [0.717, 1.165) is 45.1 Å². The predicted molar refractivity (Wildman–Crippen MR) is 70.6 cm³/mol. The van der Waals surface area contributed by atoms with Gasteiger partial charge in [-0.3, -0.25) is 0 Å². The summed E-state index contributed by atoms with van der Waals surface area (Å²) < 4.78 is 0. The molecule has 2 saturated carbocycles.